The van der Waals surface area contributed by atoms with E-state index in [4.69, 9.17) is 0 Å². The molecule has 0 radical (unpaired) electrons. The SMILES string of the molecule is ICc1cc(CI)cc(C[PH](c2ccccc2)(c2ccccc2)c2ccccc2)c1. The average Bonchev–Trinajstić information content (AvgIpc) is 2.84. The van der Waals surface area contributed by atoms with Gasteiger partial charge >= 0.3 is 209 Å². The van der Waals surface area contributed by atoms with E-state index < -0.39 is 7.26 Å². The van der Waals surface area contributed by atoms with Crippen LogP contribution >= 0.6 is 52.4 Å². The summed E-state index contributed by atoms with van der Waals surface area (Å²) in [4.78, 5) is 0. The van der Waals surface area contributed by atoms with Crippen molar-refractivity contribution < 1.29 is 0 Å². The summed E-state index contributed by atoms with van der Waals surface area (Å²) in [6.07, 6.45) is 1.07. The maximum absolute atomic E-state index is 2.48. The predicted octanol–water partition coefficient (Wildman–Crippen LogP) is 6.78. The number of rotatable bonds is 7. The Balaban J connectivity index is 1.98. The van der Waals surface area contributed by atoms with E-state index in [1.807, 2.05) is 0 Å². The van der Waals surface area contributed by atoms with Crippen molar-refractivity contribution in [2.75, 3.05) is 0 Å². The average molecular weight is 634 g/mol. The Bertz CT molecular complexity index is 961. The second-order valence-electron chi connectivity index (χ2n) is 7.61. The third-order valence-corrected chi connectivity index (χ3v) is 12.3. The van der Waals surface area contributed by atoms with Gasteiger partial charge in [-0.05, 0) is 0 Å². The molecule has 4 rings (SSSR count). The molecule has 0 aliphatic heterocycles. The molecule has 0 amide bonds. The summed E-state index contributed by atoms with van der Waals surface area (Å²) in [7, 11) is -2.24. The van der Waals surface area contributed by atoms with Gasteiger partial charge in [0, 0.05) is 0 Å². The number of hydrogen-bond acceptors (Lipinski definition) is 0. The van der Waals surface area contributed by atoms with Gasteiger partial charge in [0.2, 0.25) is 0 Å². The molecule has 0 aliphatic carbocycles. The van der Waals surface area contributed by atoms with E-state index in [9.17, 15) is 0 Å². The molecular weight excluding hydrogens is 609 g/mol. The molecule has 30 heavy (non-hydrogen) atoms. The van der Waals surface area contributed by atoms with Crippen LogP contribution in [-0.2, 0) is 15.0 Å². The molecule has 0 saturated heterocycles. The summed E-state index contributed by atoms with van der Waals surface area (Å²) in [5, 5.41) is 4.41. The zero-order valence-electron chi connectivity index (χ0n) is 16.8. The van der Waals surface area contributed by atoms with Gasteiger partial charge in [0.15, 0.2) is 0 Å². The fourth-order valence-electron chi connectivity index (χ4n) is 4.38. The molecular formula is C27H25I2P. The second-order valence-corrected chi connectivity index (χ2v) is 13.0. The van der Waals surface area contributed by atoms with Crippen LogP contribution in [0.25, 0.3) is 0 Å². The van der Waals surface area contributed by atoms with Gasteiger partial charge in [-0.25, -0.2) is 0 Å². The van der Waals surface area contributed by atoms with Gasteiger partial charge in [0.1, 0.15) is 0 Å². The van der Waals surface area contributed by atoms with Gasteiger partial charge in [-0.15, -0.1) is 0 Å². The molecule has 0 heterocycles. The van der Waals surface area contributed by atoms with Crippen molar-refractivity contribution in [2.24, 2.45) is 0 Å². The van der Waals surface area contributed by atoms with Crippen molar-refractivity contribution >= 4 is 68.4 Å². The van der Waals surface area contributed by atoms with Crippen molar-refractivity contribution in [3.63, 3.8) is 0 Å². The normalized spacial score (nSPS) is 11.9. The van der Waals surface area contributed by atoms with Crippen molar-refractivity contribution in [3.8, 4) is 0 Å². The Hall–Kier alpha value is -1.23. The predicted molar refractivity (Wildman–Crippen MR) is 152 cm³/mol. The molecule has 0 N–H and O–H groups in total. The van der Waals surface area contributed by atoms with Crippen molar-refractivity contribution in [2.45, 2.75) is 15.0 Å². The van der Waals surface area contributed by atoms with Crippen LogP contribution in [0.3, 0.4) is 0 Å². The third kappa shape index (κ3) is 4.66. The molecule has 0 nitrogen and oxygen atoms in total. The Kier molecular flexibility index (Phi) is 7.61. The second kappa shape index (κ2) is 10.4. The van der Waals surface area contributed by atoms with Crippen LogP contribution in [-0.4, -0.2) is 0 Å². The van der Waals surface area contributed by atoms with Crippen molar-refractivity contribution in [1.82, 2.24) is 0 Å². The standard InChI is InChI=1S/C27H25I2P/c28-19-22-16-23(20-29)18-24(17-22)21-30(25-10-4-1-5-11-25,26-12-6-2-7-13-26)27-14-8-3-9-15-27/h1-18,30H,19-21H2. The monoisotopic (exact) mass is 634 g/mol. The topological polar surface area (TPSA) is 0 Å². The van der Waals surface area contributed by atoms with Crippen LogP contribution in [0.1, 0.15) is 16.7 Å². The van der Waals surface area contributed by atoms with E-state index in [1.165, 1.54) is 32.6 Å². The first-order valence-corrected chi connectivity index (χ1v) is 15.4. The van der Waals surface area contributed by atoms with Crippen molar-refractivity contribution in [1.29, 1.82) is 0 Å². The summed E-state index contributed by atoms with van der Waals surface area (Å²) >= 11 is 4.97. The van der Waals surface area contributed by atoms with E-state index in [1.54, 1.807) is 0 Å². The molecule has 0 atom stereocenters. The number of benzene rings is 4. The van der Waals surface area contributed by atoms with Gasteiger partial charge in [-0.1, -0.05) is 0 Å². The Labute approximate surface area is 207 Å². The van der Waals surface area contributed by atoms with Crippen LogP contribution in [0.5, 0.6) is 0 Å². The molecule has 0 saturated carbocycles. The summed E-state index contributed by atoms with van der Waals surface area (Å²) < 4.78 is 2.09. The van der Waals surface area contributed by atoms with Gasteiger partial charge < -0.3 is 0 Å². The molecule has 0 aliphatic rings. The van der Waals surface area contributed by atoms with E-state index in [0.29, 0.717) is 0 Å². The van der Waals surface area contributed by atoms with Crippen LogP contribution in [0.4, 0.5) is 0 Å². The summed E-state index contributed by atoms with van der Waals surface area (Å²) in [5.41, 5.74) is 4.31. The fourth-order valence-corrected chi connectivity index (χ4v) is 9.97. The molecule has 0 spiro atoms. The van der Waals surface area contributed by atoms with E-state index >= 15 is 0 Å². The van der Waals surface area contributed by atoms with E-state index in [0.717, 1.165) is 15.0 Å². The van der Waals surface area contributed by atoms with E-state index in [-0.39, 0.29) is 0 Å². The Morgan fingerprint density at radius 3 is 1.13 bits per heavy atom. The number of halogens is 2. The maximum atomic E-state index is 2.48. The zero-order chi connectivity index (χ0) is 20.8. The minimum atomic E-state index is -2.24. The Morgan fingerprint density at radius 1 is 0.467 bits per heavy atom. The molecule has 152 valence electrons. The summed E-state index contributed by atoms with van der Waals surface area (Å²) in [6.45, 7) is 0. The first kappa shape index (κ1) is 22.0. The third-order valence-electron chi connectivity index (χ3n) is 5.69. The molecule has 4 aromatic rings. The molecule has 0 unspecified atom stereocenters. The fraction of sp³-hybridized carbons (Fsp3) is 0.111. The van der Waals surface area contributed by atoms with Crippen molar-refractivity contribution in [3.05, 3.63) is 126 Å². The van der Waals surface area contributed by atoms with Crippen LogP contribution in [0, 0.1) is 0 Å². The van der Waals surface area contributed by atoms with Crippen LogP contribution in [0.2, 0.25) is 0 Å². The molecule has 0 aromatic heterocycles. The van der Waals surface area contributed by atoms with Gasteiger partial charge in [0.05, 0.1) is 0 Å². The summed E-state index contributed by atoms with van der Waals surface area (Å²) in [6, 6.07) is 40.8. The summed E-state index contributed by atoms with van der Waals surface area (Å²) in [5.74, 6) is 0. The zero-order valence-corrected chi connectivity index (χ0v) is 22.1. The molecule has 4 aromatic carbocycles. The quantitative estimate of drug-likeness (QED) is 0.120. The Morgan fingerprint density at radius 2 is 0.800 bits per heavy atom. The first-order valence-electron chi connectivity index (χ1n) is 10.2. The first-order chi connectivity index (χ1) is 14.8. The number of hydrogen-bond donors (Lipinski definition) is 0. The number of alkyl halides is 2. The van der Waals surface area contributed by atoms with Gasteiger partial charge in [-0.2, -0.15) is 0 Å². The molecule has 3 heteroatoms. The molecule has 0 bridgehead atoms. The van der Waals surface area contributed by atoms with E-state index in [2.05, 4.69) is 154 Å². The van der Waals surface area contributed by atoms with Gasteiger partial charge in [0.25, 0.3) is 0 Å². The minimum absolute atomic E-state index is 1.05. The van der Waals surface area contributed by atoms with Crippen LogP contribution < -0.4 is 15.9 Å². The van der Waals surface area contributed by atoms with Gasteiger partial charge in [-0.3, -0.25) is 0 Å². The van der Waals surface area contributed by atoms with Crippen LogP contribution in [0.15, 0.2) is 109 Å². The molecule has 0 fully saturated rings.